The van der Waals surface area contributed by atoms with Crippen molar-refractivity contribution in [1.82, 2.24) is 5.32 Å². The van der Waals surface area contributed by atoms with Gasteiger partial charge >= 0.3 is 5.97 Å². The van der Waals surface area contributed by atoms with Crippen LogP contribution in [0.3, 0.4) is 0 Å². The number of benzene rings is 2. The van der Waals surface area contributed by atoms with E-state index in [0.717, 1.165) is 11.6 Å². The molecule has 0 saturated carbocycles. The predicted octanol–water partition coefficient (Wildman–Crippen LogP) is 3.24. The predicted molar refractivity (Wildman–Crippen MR) is 90.8 cm³/mol. The van der Waals surface area contributed by atoms with E-state index in [4.69, 9.17) is 25.8 Å². The first-order valence-corrected chi connectivity index (χ1v) is 8.13. The van der Waals surface area contributed by atoms with Gasteiger partial charge < -0.3 is 19.5 Å². The highest BCUT2D eigenvalue weighted by molar-refractivity contribution is 6.33. The maximum absolute atomic E-state index is 13.7. The van der Waals surface area contributed by atoms with Crippen LogP contribution in [0.1, 0.15) is 28.9 Å². The number of rotatable bonds is 5. The second-order valence-electron chi connectivity index (χ2n) is 5.57. The Balaban J connectivity index is 1.56. The first kappa shape index (κ1) is 18.0. The Morgan fingerprint density at radius 1 is 1.27 bits per heavy atom. The molecule has 0 fully saturated rings. The fraction of sp³-hybridized carbons (Fsp3) is 0.222. The van der Waals surface area contributed by atoms with Gasteiger partial charge in [-0.1, -0.05) is 23.7 Å². The highest BCUT2D eigenvalue weighted by atomic mass is 35.5. The van der Waals surface area contributed by atoms with Crippen molar-refractivity contribution in [2.45, 2.75) is 13.0 Å². The number of ether oxygens (including phenoxy) is 3. The molecular weight excluding hydrogens is 365 g/mol. The molecule has 1 N–H and O–H groups in total. The summed E-state index contributed by atoms with van der Waals surface area (Å²) in [5.74, 6) is -1.10. The molecule has 1 heterocycles. The number of fused-ring (bicyclic) bond motifs is 1. The van der Waals surface area contributed by atoms with Gasteiger partial charge in [-0.05, 0) is 36.8 Å². The summed E-state index contributed by atoms with van der Waals surface area (Å²) in [7, 11) is 0. The highest BCUT2D eigenvalue weighted by Crippen LogP contribution is 2.34. The van der Waals surface area contributed by atoms with Crippen LogP contribution >= 0.6 is 11.6 Å². The molecule has 1 aliphatic rings. The molecule has 3 rings (SSSR count). The fourth-order valence-electron chi connectivity index (χ4n) is 2.45. The first-order chi connectivity index (χ1) is 12.5. The van der Waals surface area contributed by atoms with Crippen LogP contribution in [0.15, 0.2) is 36.4 Å². The molecule has 0 aromatic heterocycles. The first-order valence-electron chi connectivity index (χ1n) is 7.75. The number of nitrogens with one attached hydrogen (secondary N) is 1. The minimum absolute atomic E-state index is 0.0795. The van der Waals surface area contributed by atoms with Crippen LogP contribution in [0.4, 0.5) is 4.39 Å². The third-order valence-electron chi connectivity index (χ3n) is 3.78. The van der Waals surface area contributed by atoms with Crippen LogP contribution < -0.4 is 14.8 Å². The Morgan fingerprint density at radius 2 is 2.04 bits per heavy atom. The number of hydrogen-bond acceptors (Lipinski definition) is 5. The summed E-state index contributed by atoms with van der Waals surface area (Å²) in [6.07, 6.45) is 0. The lowest BCUT2D eigenvalue weighted by atomic mass is 10.1. The number of hydrogen-bond donors (Lipinski definition) is 1. The van der Waals surface area contributed by atoms with Gasteiger partial charge in [0.1, 0.15) is 11.4 Å². The van der Waals surface area contributed by atoms with Gasteiger partial charge in [0.25, 0.3) is 5.91 Å². The lowest BCUT2D eigenvalue weighted by Gasteiger charge is -2.15. The highest BCUT2D eigenvalue weighted by Gasteiger charge is 2.20. The van der Waals surface area contributed by atoms with Crippen molar-refractivity contribution in [2.24, 2.45) is 0 Å². The summed E-state index contributed by atoms with van der Waals surface area (Å²) < 4.78 is 29.0. The molecule has 6 nitrogen and oxygen atoms in total. The van der Waals surface area contributed by atoms with Crippen LogP contribution in [-0.4, -0.2) is 25.3 Å². The zero-order valence-corrected chi connectivity index (χ0v) is 14.5. The molecular formula is C18H15ClFNO5. The minimum atomic E-state index is -1.00. The fourth-order valence-corrected chi connectivity index (χ4v) is 2.69. The van der Waals surface area contributed by atoms with Gasteiger partial charge in [-0.25, -0.2) is 9.18 Å². The Kier molecular flexibility index (Phi) is 5.27. The van der Waals surface area contributed by atoms with Gasteiger partial charge in [0.15, 0.2) is 18.1 Å². The van der Waals surface area contributed by atoms with Crippen LogP contribution in [0.25, 0.3) is 0 Å². The van der Waals surface area contributed by atoms with E-state index in [0.29, 0.717) is 11.5 Å². The topological polar surface area (TPSA) is 73.9 Å². The molecule has 1 aliphatic heterocycles. The van der Waals surface area contributed by atoms with E-state index in [-0.39, 0.29) is 17.9 Å². The number of carbonyl (C=O) groups is 2. The average molecular weight is 380 g/mol. The molecule has 0 bridgehead atoms. The Bertz CT molecular complexity index is 837. The number of halogens is 2. The smallest absolute Gasteiger partial charge is 0.343 e. The van der Waals surface area contributed by atoms with Crippen LogP contribution in [0.5, 0.6) is 11.5 Å². The summed E-state index contributed by atoms with van der Waals surface area (Å²) in [6, 6.07) is 8.78. The van der Waals surface area contributed by atoms with Crippen molar-refractivity contribution in [3.8, 4) is 11.5 Å². The lowest BCUT2D eigenvalue weighted by Crippen LogP contribution is -2.31. The van der Waals surface area contributed by atoms with Gasteiger partial charge in [0, 0.05) is 0 Å². The van der Waals surface area contributed by atoms with Crippen molar-refractivity contribution in [3.05, 3.63) is 58.4 Å². The SMILES string of the molecule is C[C@H](NC(=O)COC(=O)c1c(F)cccc1Cl)c1ccc2c(c1)OCO2. The number of amides is 1. The van der Waals surface area contributed by atoms with Gasteiger partial charge in [-0.3, -0.25) is 4.79 Å². The monoisotopic (exact) mass is 379 g/mol. The quantitative estimate of drug-likeness (QED) is 0.807. The maximum atomic E-state index is 13.7. The molecule has 1 atom stereocenters. The van der Waals surface area contributed by atoms with E-state index < -0.39 is 29.9 Å². The zero-order valence-electron chi connectivity index (χ0n) is 13.8. The standard InChI is InChI=1S/C18H15ClFNO5/c1-10(11-5-6-14-15(7-11)26-9-25-14)21-16(22)8-24-18(23)17-12(19)3-2-4-13(17)20/h2-7,10H,8-9H2,1H3,(H,21,22)/t10-/m0/s1. The van der Waals surface area contributed by atoms with Gasteiger partial charge in [-0.2, -0.15) is 0 Å². The summed E-state index contributed by atoms with van der Waals surface area (Å²) >= 11 is 5.79. The van der Waals surface area contributed by atoms with Crippen molar-refractivity contribution in [2.75, 3.05) is 13.4 Å². The van der Waals surface area contributed by atoms with Crippen molar-refractivity contribution >= 4 is 23.5 Å². The molecule has 136 valence electrons. The normalized spacial score (nSPS) is 13.2. The third kappa shape index (κ3) is 3.88. The third-order valence-corrected chi connectivity index (χ3v) is 4.09. The molecule has 1 amide bonds. The minimum Gasteiger partial charge on any atom is -0.454 e. The van der Waals surface area contributed by atoms with Gasteiger partial charge in [0.05, 0.1) is 11.1 Å². The molecule has 0 saturated heterocycles. The van der Waals surface area contributed by atoms with E-state index in [2.05, 4.69) is 5.32 Å². The van der Waals surface area contributed by atoms with Gasteiger partial charge in [-0.15, -0.1) is 0 Å². The second-order valence-corrected chi connectivity index (χ2v) is 5.98. The Hall–Kier alpha value is -2.80. The lowest BCUT2D eigenvalue weighted by molar-refractivity contribution is -0.124. The van der Waals surface area contributed by atoms with E-state index in [1.165, 1.54) is 12.1 Å². The summed E-state index contributed by atoms with van der Waals surface area (Å²) in [4.78, 5) is 23.9. The largest absolute Gasteiger partial charge is 0.454 e. The Labute approximate surface area is 153 Å². The van der Waals surface area contributed by atoms with Crippen LogP contribution in [-0.2, 0) is 9.53 Å². The molecule has 8 heteroatoms. The molecule has 0 unspecified atom stereocenters. The average Bonchev–Trinajstić information content (AvgIpc) is 3.07. The number of carbonyl (C=O) groups excluding carboxylic acids is 2. The van der Waals surface area contributed by atoms with Crippen molar-refractivity contribution in [1.29, 1.82) is 0 Å². The zero-order chi connectivity index (χ0) is 18.7. The molecule has 0 spiro atoms. The van der Waals surface area contributed by atoms with Crippen molar-refractivity contribution < 1.29 is 28.2 Å². The van der Waals surface area contributed by atoms with Crippen LogP contribution in [0, 0.1) is 5.82 Å². The van der Waals surface area contributed by atoms with E-state index in [1.807, 2.05) is 0 Å². The maximum Gasteiger partial charge on any atom is 0.343 e. The molecule has 2 aromatic rings. The van der Waals surface area contributed by atoms with E-state index >= 15 is 0 Å². The van der Waals surface area contributed by atoms with Gasteiger partial charge in [0.2, 0.25) is 6.79 Å². The van der Waals surface area contributed by atoms with Crippen molar-refractivity contribution in [3.63, 3.8) is 0 Å². The molecule has 0 aliphatic carbocycles. The summed E-state index contributed by atoms with van der Waals surface area (Å²) in [5, 5.41) is 2.60. The second kappa shape index (κ2) is 7.61. The summed E-state index contributed by atoms with van der Waals surface area (Å²) in [5.41, 5.74) is 0.400. The molecule has 0 radical (unpaired) electrons. The van der Waals surface area contributed by atoms with E-state index in [9.17, 15) is 14.0 Å². The number of esters is 1. The van der Waals surface area contributed by atoms with E-state index in [1.54, 1.807) is 25.1 Å². The van der Waals surface area contributed by atoms with Crippen LogP contribution in [0.2, 0.25) is 5.02 Å². The summed E-state index contributed by atoms with van der Waals surface area (Å²) in [6.45, 7) is 1.37. The molecule has 2 aromatic carbocycles. The Morgan fingerprint density at radius 3 is 2.81 bits per heavy atom. The molecule has 26 heavy (non-hydrogen) atoms.